The van der Waals surface area contributed by atoms with Crippen LogP contribution in [-0.4, -0.2) is 28.0 Å². The zero-order chi connectivity index (χ0) is 14.1. The number of nitrogens with one attached hydrogen (secondary N) is 2. The first-order valence-electron chi connectivity index (χ1n) is 6.19. The molecule has 1 aliphatic heterocycles. The van der Waals surface area contributed by atoms with E-state index in [-0.39, 0.29) is 11.9 Å². The molecule has 3 rings (SSSR count). The lowest BCUT2D eigenvalue weighted by Crippen LogP contribution is -2.13. The molecule has 0 saturated carbocycles. The molecule has 0 bridgehead atoms. The van der Waals surface area contributed by atoms with E-state index < -0.39 is 6.17 Å². The molecule has 2 aromatic rings. The van der Waals surface area contributed by atoms with Crippen molar-refractivity contribution in [2.24, 2.45) is 0 Å². The Kier molecular flexibility index (Phi) is 3.77. The summed E-state index contributed by atoms with van der Waals surface area (Å²) in [5.41, 5.74) is 0.615. The van der Waals surface area contributed by atoms with Gasteiger partial charge in [0.25, 0.3) is 5.91 Å². The Bertz CT molecular complexity index is 613. The Morgan fingerprint density at radius 2 is 2.45 bits per heavy atom. The van der Waals surface area contributed by atoms with Crippen molar-refractivity contribution in [1.29, 1.82) is 0 Å². The van der Waals surface area contributed by atoms with Crippen LogP contribution in [0.3, 0.4) is 0 Å². The average Bonchev–Trinajstić information content (AvgIpc) is 3.10. The molecule has 1 amide bonds. The van der Waals surface area contributed by atoms with Crippen LogP contribution in [0, 0.1) is 6.92 Å². The molecule has 20 heavy (non-hydrogen) atoms. The topological polar surface area (TPSA) is 66.9 Å². The molecule has 0 unspecified atom stereocenters. The third-order valence-corrected chi connectivity index (χ3v) is 4.93. The van der Waals surface area contributed by atoms with Gasteiger partial charge in [-0.2, -0.15) is 4.37 Å². The Morgan fingerprint density at radius 1 is 1.60 bits per heavy atom. The summed E-state index contributed by atoms with van der Waals surface area (Å²) in [6, 6.07) is 1.85. The summed E-state index contributed by atoms with van der Waals surface area (Å²) >= 11 is 2.66. The second kappa shape index (κ2) is 5.55. The molecular formula is C12H13FN4OS2. The van der Waals surface area contributed by atoms with Crippen LogP contribution in [0.25, 0.3) is 0 Å². The van der Waals surface area contributed by atoms with Gasteiger partial charge in [-0.1, -0.05) is 0 Å². The number of amides is 1. The Morgan fingerprint density at radius 3 is 3.10 bits per heavy atom. The molecule has 2 aromatic heterocycles. The number of hydrogen-bond acceptors (Lipinski definition) is 6. The molecular weight excluding hydrogens is 299 g/mol. The summed E-state index contributed by atoms with van der Waals surface area (Å²) in [6.07, 6.45) is 1.06. The van der Waals surface area contributed by atoms with Crippen molar-refractivity contribution in [3.63, 3.8) is 0 Å². The van der Waals surface area contributed by atoms with Crippen LogP contribution >= 0.6 is 22.9 Å². The van der Waals surface area contributed by atoms with Gasteiger partial charge < -0.3 is 5.32 Å². The predicted octanol–water partition coefficient (Wildman–Crippen LogP) is 2.53. The molecule has 5 nitrogen and oxygen atoms in total. The van der Waals surface area contributed by atoms with E-state index in [1.807, 2.05) is 13.0 Å². The molecule has 1 saturated heterocycles. The van der Waals surface area contributed by atoms with Crippen LogP contribution in [0.4, 0.5) is 9.52 Å². The van der Waals surface area contributed by atoms with Crippen molar-refractivity contribution < 1.29 is 9.18 Å². The number of thiophene rings is 1. The van der Waals surface area contributed by atoms with E-state index in [0.29, 0.717) is 23.7 Å². The van der Waals surface area contributed by atoms with Gasteiger partial charge in [0.15, 0.2) is 0 Å². The minimum Gasteiger partial charge on any atom is -0.306 e. The molecule has 0 aliphatic carbocycles. The second-order valence-corrected chi connectivity index (χ2v) is 6.68. The number of halogens is 1. The zero-order valence-electron chi connectivity index (χ0n) is 10.7. The maximum Gasteiger partial charge on any atom is 0.258 e. The average molecular weight is 312 g/mol. The molecule has 106 valence electrons. The number of alkyl halides is 1. The van der Waals surface area contributed by atoms with Crippen LogP contribution in [0.5, 0.6) is 0 Å². The number of hydrogen-bond donors (Lipinski definition) is 2. The van der Waals surface area contributed by atoms with Crippen molar-refractivity contribution in [3.8, 4) is 0 Å². The van der Waals surface area contributed by atoms with E-state index >= 15 is 0 Å². The lowest BCUT2D eigenvalue weighted by Gasteiger charge is -2.05. The summed E-state index contributed by atoms with van der Waals surface area (Å²) in [6.45, 7) is 2.28. The summed E-state index contributed by atoms with van der Waals surface area (Å²) < 4.78 is 17.1. The standard InChI is InChI=1S/C12H13FN4OS2/c1-6-8(11(18)17-12-15-5-16-20-12)3-10(19-6)9-2-7(13)4-14-9/h3,5,7,9,14H,2,4H2,1H3,(H,15,16,17,18)/t7-,9+/m1/s1. The number of aromatic nitrogens is 2. The minimum atomic E-state index is -0.805. The molecule has 2 N–H and O–H groups in total. The fourth-order valence-electron chi connectivity index (χ4n) is 2.20. The first kappa shape index (κ1) is 13.6. The highest BCUT2D eigenvalue weighted by Gasteiger charge is 2.27. The first-order valence-corrected chi connectivity index (χ1v) is 7.78. The molecule has 1 fully saturated rings. The summed E-state index contributed by atoms with van der Waals surface area (Å²) in [5.74, 6) is -0.198. The molecule has 3 heterocycles. The quantitative estimate of drug-likeness (QED) is 0.914. The van der Waals surface area contributed by atoms with Crippen molar-refractivity contribution in [1.82, 2.24) is 14.7 Å². The molecule has 1 aliphatic rings. The van der Waals surface area contributed by atoms with Crippen LogP contribution in [-0.2, 0) is 0 Å². The third kappa shape index (κ3) is 2.72. The van der Waals surface area contributed by atoms with Crippen molar-refractivity contribution in [2.45, 2.75) is 25.6 Å². The normalized spacial score (nSPS) is 22.1. The molecule has 0 aromatic carbocycles. The smallest absolute Gasteiger partial charge is 0.258 e. The van der Waals surface area contributed by atoms with Crippen LogP contribution in [0.2, 0.25) is 0 Å². The number of carbonyl (C=O) groups is 1. The van der Waals surface area contributed by atoms with Crippen LogP contribution < -0.4 is 10.6 Å². The number of nitrogens with zero attached hydrogens (tertiary/aromatic N) is 2. The lowest BCUT2D eigenvalue weighted by molar-refractivity contribution is 0.102. The maximum absolute atomic E-state index is 13.2. The Labute approximate surface area is 123 Å². The van der Waals surface area contributed by atoms with Gasteiger partial charge in [0, 0.05) is 40.3 Å². The van der Waals surface area contributed by atoms with Crippen molar-refractivity contribution in [2.75, 3.05) is 11.9 Å². The van der Waals surface area contributed by atoms with Crippen LogP contribution in [0.1, 0.15) is 32.6 Å². The highest BCUT2D eigenvalue weighted by molar-refractivity contribution is 7.12. The molecule has 8 heteroatoms. The summed E-state index contributed by atoms with van der Waals surface area (Å²) in [7, 11) is 0. The van der Waals surface area contributed by atoms with Gasteiger partial charge in [-0.25, -0.2) is 9.37 Å². The summed E-state index contributed by atoms with van der Waals surface area (Å²) in [4.78, 5) is 18.0. The number of anilines is 1. The summed E-state index contributed by atoms with van der Waals surface area (Å²) in [5, 5.41) is 6.32. The highest BCUT2D eigenvalue weighted by atomic mass is 32.1. The third-order valence-electron chi connectivity index (χ3n) is 3.18. The Hall–Kier alpha value is -1.38. The Balaban J connectivity index is 1.76. The van der Waals surface area contributed by atoms with E-state index in [4.69, 9.17) is 0 Å². The van der Waals surface area contributed by atoms with Gasteiger partial charge in [-0.3, -0.25) is 10.1 Å². The van der Waals surface area contributed by atoms with Crippen molar-refractivity contribution in [3.05, 3.63) is 27.7 Å². The van der Waals surface area contributed by atoms with E-state index in [1.165, 1.54) is 17.7 Å². The van der Waals surface area contributed by atoms with Gasteiger partial charge in [-0.15, -0.1) is 11.3 Å². The van der Waals surface area contributed by atoms with E-state index in [0.717, 1.165) is 21.3 Å². The van der Waals surface area contributed by atoms with Crippen molar-refractivity contribution >= 4 is 33.9 Å². The van der Waals surface area contributed by atoms with Gasteiger partial charge in [0.05, 0.1) is 5.56 Å². The lowest BCUT2D eigenvalue weighted by atomic mass is 10.1. The zero-order valence-corrected chi connectivity index (χ0v) is 12.4. The predicted molar refractivity (Wildman–Crippen MR) is 77.2 cm³/mol. The van der Waals surface area contributed by atoms with E-state index in [9.17, 15) is 9.18 Å². The number of aryl methyl sites for hydroxylation is 1. The van der Waals surface area contributed by atoms with Gasteiger partial charge in [-0.05, 0) is 13.0 Å². The fourth-order valence-corrected chi connectivity index (χ4v) is 3.74. The van der Waals surface area contributed by atoms with Gasteiger partial charge >= 0.3 is 0 Å². The van der Waals surface area contributed by atoms with Gasteiger partial charge in [0.1, 0.15) is 12.5 Å². The highest BCUT2D eigenvalue weighted by Crippen LogP contribution is 2.33. The van der Waals surface area contributed by atoms with E-state index in [1.54, 1.807) is 0 Å². The molecule has 2 atom stereocenters. The first-order chi connectivity index (χ1) is 9.63. The fraction of sp³-hybridized carbons (Fsp3) is 0.417. The van der Waals surface area contributed by atoms with Crippen LogP contribution in [0.15, 0.2) is 12.4 Å². The van der Waals surface area contributed by atoms with E-state index in [2.05, 4.69) is 20.0 Å². The number of carbonyl (C=O) groups excluding carboxylic acids is 1. The van der Waals surface area contributed by atoms with Gasteiger partial charge in [0.2, 0.25) is 5.13 Å². The molecule has 0 radical (unpaired) electrons. The molecule has 0 spiro atoms. The maximum atomic E-state index is 13.2. The second-order valence-electron chi connectivity index (χ2n) is 4.61. The largest absolute Gasteiger partial charge is 0.306 e. The minimum absolute atomic E-state index is 0.0109. The SMILES string of the molecule is Cc1sc([C@@H]2C[C@@H](F)CN2)cc1C(=O)Nc1ncns1. The number of rotatable bonds is 3. The monoisotopic (exact) mass is 312 g/mol.